The van der Waals surface area contributed by atoms with Crippen LogP contribution in [0, 0.1) is 19.3 Å². The summed E-state index contributed by atoms with van der Waals surface area (Å²) in [6.07, 6.45) is 3.82. The normalized spacial score (nSPS) is 16.6. The van der Waals surface area contributed by atoms with E-state index in [1.54, 1.807) is 4.90 Å². The number of carbonyl (C=O) groups excluding carboxylic acids is 1. The van der Waals surface area contributed by atoms with E-state index < -0.39 is 5.60 Å². The van der Waals surface area contributed by atoms with E-state index >= 15 is 0 Å². The molecule has 1 saturated heterocycles. The van der Waals surface area contributed by atoms with Gasteiger partial charge in [-0.05, 0) is 65.2 Å². The fraction of sp³-hybridized carbons (Fsp3) is 0.536. The quantitative estimate of drug-likeness (QED) is 0.563. The zero-order chi connectivity index (χ0) is 27.6. The summed E-state index contributed by atoms with van der Waals surface area (Å²) in [5.41, 5.74) is 6.62. The van der Waals surface area contributed by atoms with Gasteiger partial charge < -0.3 is 30.2 Å². The second-order valence-electron chi connectivity index (χ2n) is 11.0. The molecule has 204 valence electrons. The van der Waals surface area contributed by atoms with E-state index in [2.05, 4.69) is 33.1 Å². The van der Waals surface area contributed by atoms with E-state index in [1.165, 1.54) is 17.4 Å². The van der Waals surface area contributed by atoms with E-state index in [1.807, 2.05) is 47.9 Å². The van der Waals surface area contributed by atoms with Gasteiger partial charge in [0.15, 0.2) is 0 Å². The molecule has 0 aromatic carbocycles. The molecule has 10 heteroatoms. The van der Waals surface area contributed by atoms with Gasteiger partial charge in [-0.15, -0.1) is 0 Å². The lowest BCUT2D eigenvalue weighted by Crippen LogP contribution is -2.50. The molecule has 1 amide bonds. The topological polar surface area (TPSA) is 111 Å². The van der Waals surface area contributed by atoms with Crippen LogP contribution in [0.4, 0.5) is 22.1 Å². The lowest BCUT2D eigenvalue weighted by molar-refractivity contribution is 0.0240. The van der Waals surface area contributed by atoms with Crippen LogP contribution >= 0.6 is 0 Å². The number of amides is 1. The molecular formula is C28H40N8O2. The number of hydrogen-bond donors (Lipinski definition) is 2. The summed E-state index contributed by atoms with van der Waals surface area (Å²) in [6.45, 7) is 16.0. The van der Waals surface area contributed by atoms with Crippen molar-refractivity contribution in [3.05, 3.63) is 40.5 Å². The minimum atomic E-state index is -0.495. The maximum atomic E-state index is 12.4. The highest BCUT2D eigenvalue weighted by atomic mass is 16.6. The summed E-state index contributed by atoms with van der Waals surface area (Å²) in [7, 11) is 1.84. The van der Waals surface area contributed by atoms with Crippen molar-refractivity contribution in [2.24, 2.45) is 0 Å². The van der Waals surface area contributed by atoms with Crippen LogP contribution in [0.25, 0.3) is 5.57 Å². The third kappa shape index (κ3) is 5.89. The molecule has 0 saturated carbocycles. The molecule has 0 radical (unpaired) electrons. The van der Waals surface area contributed by atoms with Crippen LogP contribution in [0.1, 0.15) is 56.8 Å². The molecule has 2 N–H and O–H groups in total. The summed E-state index contributed by atoms with van der Waals surface area (Å²) in [5.74, 6) is 1.57. The standard InChI is InChI=1S/C28H40N8O2/c1-18-17-36(23-14-19(2)32-26(30-7)22(23)15-29)9-8-21(18)25-20(3)33-24(16-31-25)34-10-12-35(13-11-34)27(37)38-28(4,5)6/h14-16,29H,8-13,17H2,1-7H3,(H,30,32). The molecular weight excluding hydrogens is 480 g/mol. The Bertz CT molecular complexity index is 1240. The predicted molar refractivity (Wildman–Crippen MR) is 153 cm³/mol. The fourth-order valence-corrected chi connectivity index (χ4v) is 5.07. The number of rotatable bonds is 5. The summed E-state index contributed by atoms with van der Waals surface area (Å²) in [5, 5.41) is 11.1. The number of ether oxygens (including phenoxy) is 1. The molecule has 1 fully saturated rings. The lowest BCUT2D eigenvalue weighted by atomic mass is 9.96. The van der Waals surface area contributed by atoms with Gasteiger partial charge >= 0.3 is 6.09 Å². The van der Waals surface area contributed by atoms with Gasteiger partial charge in [0.25, 0.3) is 0 Å². The van der Waals surface area contributed by atoms with Crippen molar-refractivity contribution in [1.82, 2.24) is 19.9 Å². The number of aryl methyl sites for hydroxylation is 2. The molecule has 0 unspecified atom stereocenters. The molecule has 2 aliphatic rings. The number of piperazine rings is 1. The van der Waals surface area contributed by atoms with Crippen molar-refractivity contribution < 1.29 is 9.53 Å². The SMILES string of the molecule is CNc1nc(C)cc(N2CCC(c3ncc(N4CCN(C(=O)OC(C)(C)C)CC4)nc3C)=C(C)C2)c1C=N. The highest BCUT2D eigenvalue weighted by Gasteiger charge is 2.27. The smallest absolute Gasteiger partial charge is 0.410 e. The van der Waals surface area contributed by atoms with Gasteiger partial charge in [-0.1, -0.05) is 0 Å². The van der Waals surface area contributed by atoms with Gasteiger partial charge in [-0.2, -0.15) is 0 Å². The molecule has 2 aromatic rings. The highest BCUT2D eigenvalue weighted by Crippen LogP contribution is 2.33. The van der Waals surface area contributed by atoms with E-state index in [9.17, 15) is 4.79 Å². The number of nitrogens with zero attached hydrogens (tertiary/aromatic N) is 6. The number of aromatic nitrogens is 3. The average Bonchev–Trinajstić information content (AvgIpc) is 2.87. The summed E-state index contributed by atoms with van der Waals surface area (Å²) in [4.78, 5) is 32.9. The van der Waals surface area contributed by atoms with Crippen LogP contribution in [0.3, 0.4) is 0 Å². The van der Waals surface area contributed by atoms with Gasteiger partial charge in [-0.3, -0.25) is 4.98 Å². The lowest BCUT2D eigenvalue weighted by Gasteiger charge is -2.36. The van der Waals surface area contributed by atoms with Crippen molar-refractivity contribution in [1.29, 1.82) is 5.41 Å². The molecule has 0 aliphatic carbocycles. The first-order chi connectivity index (χ1) is 18.0. The van der Waals surface area contributed by atoms with Gasteiger partial charge in [0.05, 0.1) is 28.8 Å². The van der Waals surface area contributed by atoms with Crippen LogP contribution in [-0.2, 0) is 4.74 Å². The Labute approximate surface area is 225 Å². The van der Waals surface area contributed by atoms with Crippen LogP contribution in [0.5, 0.6) is 0 Å². The predicted octanol–water partition coefficient (Wildman–Crippen LogP) is 4.27. The zero-order valence-corrected chi connectivity index (χ0v) is 23.7. The monoisotopic (exact) mass is 520 g/mol. The van der Waals surface area contributed by atoms with E-state index in [4.69, 9.17) is 20.1 Å². The van der Waals surface area contributed by atoms with Gasteiger partial charge in [0.2, 0.25) is 0 Å². The molecule has 2 aromatic heterocycles. The van der Waals surface area contributed by atoms with Gasteiger partial charge in [0.1, 0.15) is 17.2 Å². The van der Waals surface area contributed by atoms with Crippen LogP contribution in [0.15, 0.2) is 17.8 Å². The molecule has 0 atom stereocenters. The Morgan fingerprint density at radius 2 is 1.79 bits per heavy atom. The Hall–Kier alpha value is -3.69. The minimum absolute atomic E-state index is 0.264. The maximum Gasteiger partial charge on any atom is 0.410 e. The van der Waals surface area contributed by atoms with Gasteiger partial charge in [0, 0.05) is 58.2 Å². The average molecular weight is 521 g/mol. The maximum absolute atomic E-state index is 12.4. The Kier molecular flexibility index (Phi) is 7.89. The molecule has 4 rings (SSSR count). The van der Waals surface area contributed by atoms with Crippen molar-refractivity contribution in [3.8, 4) is 0 Å². The molecule has 0 spiro atoms. The molecule has 0 bridgehead atoms. The third-order valence-electron chi connectivity index (χ3n) is 6.94. The molecule has 10 nitrogen and oxygen atoms in total. The van der Waals surface area contributed by atoms with E-state index in [0.29, 0.717) is 26.2 Å². The number of nitrogens with one attached hydrogen (secondary N) is 2. The summed E-state index contributed by atoms with van der Waals surface area (Å²) < 4.78 is 5.51. The van der Waals surface area contributed by atoms with Gasteiger partial charge in [-0.25, -0.2) is 14.8 Å². The molecule has 2 aliphatic heterocycles. The number of carbonyl (C=O) groups is 1. The van der Waals surface area contributed by atoms with Crippen LogP contribution < -0.4 is 15.1 Å². The van der Waals surface area contributed by atoms with E-state index in [-0.39, 0.29) is 6.09 Å². The largest absolute Gasteiger partial charge is 0.444 e. The van der Waals surface area contributed by atoms with E-state index in [0.717, 1.165) is 59.5 Å². The number of anilines is 3. The second-order valence-corrected chi connectivity index (χ2v) is 11.0. The minimum Gasteiger partial charge on any atom is -0.444 e. The summed E-state index contributed by atoms with van der Waals surface area (Å²) in [6, 6.07) is 2.06. The fourth-order valence-electron chi connectivity index (χ4n) is 5.07. The molecule has 4 heterocycles. The first-order valence-electron chi connectivity index (χ1n) is 13.2. The van der Waals surface area contributed by atoms with Crippen LogP contribution in [-0.4, -0.2) is 84.1 Å². The third-order valence-corrected chi connectivity index (χ3v) is 6.94. The number of pyridine rings is 1. The summed E-state index contributed by atoms with van der Waals surface area (Å²) >= 11 is 0. The first-order valence-corrected chi connectivity index (χ1v) is 13.2. The number of hydrogen-bond acceptors (Lipinski definition) is 9. The van der Waals surface area contributed by atoms with Crippen molar-refractivity contribution in [2.45, 2.75) is 53.6 Å². The molecule has 38 heavy (non-hydrogen) atoms. The zero-order valence-electron chi connectivity index (χ0n) is 23.7. The second kappa shape index (κ2) is 11.0. The highest BCUT2D eigenvalue weighted by molar-refractivity contribution is 5.93. The Morgan fingerprint density at radius 3 is 2.37 bits per heavy atom. The first kappa shape index (κ1) is 27.3. The Balaban J connectivity index is 1.47. The van der Waals surface area contributed by atoms with Crippen molar-refractivity contribution in [3.63, 3.8) is 0 Å². The Morgan fingerprint density at radius 1 is 1.08 bits per heavy atom. The van der Waals surface area contributed by atoms with Crippen molar-refractivity contribution in [2.75, 3.05) is 61.4 Å². The van der Waals surface area contributed by atoms with Crippen LogP contribution in [0.2, 0.25) is 0 Å². The van der Waals surface area contributed by atoms with Crippen molar-refractivity contribution >= 4 is 35.2 Å².